The average molecular weight is 439 g/mol. The molecule has 0 aliphatic heterocycles. The van der Waals surface area contributed by atoms with Crippen molar-refractivity contribution in [1.29, 1.82) is 0 Å². The van der Waals surface area contributed by atoms with Gasteiger partial charge in [0.1, 0.15) is 24.4 Å². The molecule has 0 radical (unpaired) electrons. The number of aliphatic carboxylic acids is 2. The van der Waals surface area contributed by atoms with Crippen LogP contribution in [0.2, 0.25) is 0 Å². The van der Waals surface area contributed by atoms with E-state index in [2.05, 4.69) is 10.6 Å². The first-order chi connectivity index (χ1) is 14.2. The van der Waals surface area contributed by atoms with Crippen molar-refractivity contribution in [3.63, 3.8) is 0 Å². The van der Waals surface area contributed by atoms with Crippen molar-refractivity contribution in [3.8, 4) is 0 Å². The van der Waals surface area contributed by atoms with Crippen LogP contribution in [0.5, 0.6) is 0 Å². The molecule has 1 rings (SSSR count). The number of amides is 2. The Labute approximate surface area is 177 Å². The highest BCUT2D eigenvalue weighted by Crippen LogP contribution is 2.08. The molecule has 1 unspecified atom stereocenters. The van der Waals surface area contributed by atoms with Gasteiger partial charge in [-0.2, -0.15) is 11.8 Å². The number of nitrogens with one attached hydrogen (secondary N) is 2. The highest BCUT2D eigenvalue weighted by Gasteiger charge is 2.22. The summed E-state index contributed by atoms with van der Waals surface area (Å²) in [5, 5.41) is 22.1. The Kier molecular flexibility index (Phi) is 11.2. The van der Waals surface area contributed by atoms with E-state index in [0.29, 0.717) is 0 Å². The predicted molar refractivity (Wildman–Crippen MR) is 110 cm³/mol. The van der Waals surface area contributed by atoms with E-state index < -0.39 is 42.4 Å². The van der Waals surface area contributed by atoms with E-state index in [4.69, 9.17) is 15.9 Å². The van der Waals surface area contributed by atoms with Gasteiger partial charge in [0.15, 0.2) is 0 Å². The van der Waals surface area contributed by atoms with Crippen molar-refractivity contribution >= 4 is 41.3 Å². The summed E-state index contributed by atoms with van der Waals surface area (Å²) >= 11 is 1.13. The van der Waals surface area contributed by atoms with Gasteiger partial charge in [-0.15, -0.1) is 0 Å². The summed E-state index contributed by atoms with van der Waals surface area (Å²) in [7, 11) is 0. The van der Waals surface area contributed by atoms with Crippen molar-refractivity contribution in [1.82, 2.24) is 10.6 Å². The monoisotopic (exact) mass is 439 g/mol. The van der Waals surface area contributed by atoms with E-state index in [1.807, 2.05) is 30.3 Å². The van der Waals surface area contributed by atoms with Crippen molar-refractivity contribution in [2.24, 2.45) is 5.73 Å². The lowest BCUT2D eigenvalue weighted by atomic mass is 10.1. The van der Waals surface area contributed by atoms with E-state index in [9.17, 15) is 24.0 Å². The zero-order valence-electron chi connectivity index (χ0n) is 16.2. The average Bonchev–Trinajstić information content (AvgIpc) is 2.70. The van der Waals surface area contributed by atoms with Crippen LogP contribution in [0.25, 0.3) is 0 Å². The molecular weight excluding hydrogens is 414 g/mol. The van der Waals surface area contributed by atoms with Gasteiger partial charge >= 0.3 is 11.9 Å². The molecule has 2 amide bonds. The Morgan fingerprint density at radius 1 is 1.07 bits per heavy atom. The van der Waals surface area contributed by atoms with Crippen molar-refractivity contribution in [2.45, 2.75) is 31.3 Å². The molecule has 0 bridgehead atoms. The molecule has 11 heteroatoms. The van der Waals surface area contributed by atoms with Crippen LogP contribution in [-0.2, 0) is 30.4 Å². The van der Waals surface area contributed by atoms with Crippen LogP contribution < -0.4 is 16.4 Å². The van der Waals surface area contributed by atoms with Gasteiger partial charge in [-0.1, -0.05) is 30.3 Å². The molecule has 164 valence electrons. The fraction of sp³-hybridized carbons (Fsp3) is 0.421. The molecular formula is C19H25N3O7S. The maximum atomic E-state index is 12.2. The summed E-state index contributed by atoms with van der Waals surface area (Å²) in [5.41, 5.74) is 6.21. The summed E-state index contributed by atoms with van der Waals surface area (Å²) in [5.74, 6) is -3.71. The SMILES string of the molecule is NC(CCC(=O)N[C@@H](CSCC(=O)Cc1ccccc1)C(=O)NCC(=O)O)C(=O)O. The number of nitrogens with two attached hydrogens (primary N) is 1. The molecule has 0 saturated carbocycles. The number of ketones is 1. The van der Waals surface area contributed by atoms with Crippen LogP contribution in [-0.4, -0.2) is 69.9 Å². The summed E-state index contributed by atoms with van der Waals surface area (Å²) < 4.78 is 0. The lowest BCUT2D eigenvalue weighted by Crippen LogP contribution is -2.49. The number of carbonyl (C=O) groups is 5. The minimum Gasteiger partial charge on any atom is -0.480 e. The number of hydrogen-bond acceptors (Lipinski definition) is 7. The van der Waals surface area contributed by atoms with Gasteiger partial charge in [-0.25, -0.2) is 0 Å². The molecule has 0 heterocycles. The number of benzene rings is 1. The normalized spacial score (nSPS) is 12.4. The molecule has 10 nitrogen and oxygen atoms in total. The number of rotatable bonds is 14. The van der Waals surface area contributed by atoms with Gasteiger partial charge in [0.25, 0.3) is 0 Å². The van der Waals surface area contributed by atoms with E-state index in [1.165, 1.54) is 0 Å². The molecule has 30 heavy (non-hydrogen) atoms. The standard InChI is InChI=1S/C19H25N3O7S/c20-14(19(28)29)6-7-16(24)22-15(18(27)21-9-17(25)26)11-30-10-13(23)8-12-4-2-1-3-5-12/h1-5,14-15H,6-11,20H2,(H,21,27)(H,22,24)(H,25,26)(H,28,29)/t14?,15-/m0/s1. The van der Waals surface area contributed by atoms with Gasteiger partial charge in [0.05, 0.1) is 5.75 Å². The van der Waals surface area contributed by atoms with E-state index >= 15 is 0 Å². The Hall–Kier alpha value is -2.92. The van der Waals surface area contributed by atoms with Gasteiger partial charge in [0, 0.05) is 18.6 Å². The molecule has 2 atom stereocenters. The summed E-state index contributed by atoms with van der Waals surface area (Å²) in [6.45, 7) is -0.618. The third-order valence-electron chi connectivity index (χ3n) is 3.86. The third kappa shape index (κ3) is 10.6. The molecule has 0 saturated heterocycles. The first-order valence-corrected chi connectivity index (χ1v) is 10.2. The largest absolute Gasteiger partial charge is 0.480 e. The lowest BCUT2D eigenvalue weighted by Gasteiger charge is -2.18. The maximum absolute atomic E-state index is 12.2. The fourth-order valence-electron chi connectivity index (χ4n) is 2.31. The van der Waals surface area contributed by atoms with E-state index in [1.54, 1.807) is 0 Å². The molecule has 0 fully saturated rings. The molecule has 6 N–H and O–H groups in total. The second-order valence-electron chi connectivity index (χ2n) is 6.43. The number of carboxylic acids is 2. The van der Waals surface area contributed by atoms with E-state index in [0.717, 1.165) is 17.3 Å². The molecule has 0 aliphatic rings. The van der Waals surface area contributed by atoms with E-state index in [-0.39, 0.29) is 36.6 Å². The minimum atomic E-state index is -1.24. The van der Waals surface area contributed by atoms with Crippen molar-refractivity contribution in [3.05, 3.63) is 35.9 Å². The Morgan fingerprint density at radius 3 is 2.33 bits per heavy atom. The van der Waals surface area contributed by atoms with Gasteiger partial charge in [-0.3, -0.25) is 24.0 Å². The summed E-state index contributed by atoms with van der Waals surface area (Å²) in [6.07, 6.45) is -0.0930. The molecule has 0 aromatic heterocycles. The quantitative estimate of drug-likeness (QED) is 0.253. The van der Waals surface area contributed by atoms with Crippen LogP contribution in [0.1, 0.15) is 18.4 Å². The number of thioether (sulfide) groups is 1. The Morgan fingerprint density at radius 2 is 1.73 bits per heavy atom. The van der Waals surface area contributed by atoms with Gasteiger partial charge in [0.2, 0.25) is 11.8 Å². The smallest absolute Gasteiger partial charge is 0.322 e. The first-order valence-electron chi connectivity index (χ1n) is 9.09. The van der Waals surface area contributed by atoms with Gasteiger partial charge in [-0.05, 0) is 12.0 Å². The number of hydrogen-bond donors (Lipinski definition) is 5. The fourth-order valence-corrected chi connectivity index (χ4v) is 3.23. The zero-order chi connectivity index (χ0) is 22.5. The summed E-state index contributed by atoms with van der Waals surface area (Å²) in [6, 6.07) is 6.86. The maximum Gasteiger partial charge on any atom is 0.322 e. The zero-order valence-corrected chi connectivity index (χ0v) is 17.0. The molecule has 1 aromatic carbocycles. The lowest BCUT2D eigenvalue weighted by molar-refractivity contribution is -0.139. The minimum absolute atomic E-state index is 0.0444. The van der Waals surface area contributed by atoms with Crippen LogP contribution >= 0.6 is 11.8 Å². The van der Waals surface area contributed by atoms with Crippen LogP contribution in [0.15, 0.2) is 30.3 Å². The van der Waals surface area contributed by atoms with Crippen molar-refractivity contribution in [2.75, 3.05) is 18.1 Å². The third-order valence-corrected chi connectivity index (χ3v) is 4.95. The highest BCUT2D eigenvalue weighted by molar-refractivity contribution is 8.00. The Bertz CT molecular complexity index is 758. The first kappa shape index (κ1) is 25.1. The predicted octanol–water partition coefficient (Wildman–Crippen LogP) is -0.591. The number of carboxylic acid groups (broad SMARTS) is 2. The molecule has 0 spiro atoms. The number of Topliss-reactive ketones (excluding diaryl/α,β-unsaturated/α-hetero) is 1. The highest BCUT2D eigenvalue weighted by atomic mass is 32.2. The second-order valence-corrected chi connectivity index (χ2v) is 7.46. The van der Waals surface area contributed by atoms with Crippen molar-refractivity contribution < 1.29 is 34.2 Å². The summed E-state index contributed by atoms with van der Waals surface area (Å²) in [4.78, 5) is 57.7. The topological polar surface area (TPSA) is 176 Å². The molecule has 1 aromatic rings. The van der Waals surface area contributed by atoms with Crippen LogP contribution in [0, 0.1) is 0 Å². The van der Waals surface area contributed by atoms with Gasteiger partial charge < -0.3 is 26.6 Å². The second kappa shape index (κ2) is 13.3. The van der Waals surface area contributed by atoms with Crippen LogP contribution in [0.3, 0.4) is 0 Å². The molecule has 0 aliphatic carbocycles. The number of carbonyl (C=O) groups excluding carboxylic acids is 3. The van der Waals surface area contributed by atoms with Crippen LogP contribution in [0.4, 0.5) is 0 Å². The Balaban J connectivity index is 2.56.